The SMILES string of the molecule is Cc1ccc(-c2nc(COC(=O)c3cnc4onc(C(C)C)c4c3)no2)cc1. The quantitative estimate of drug-likeness (QED) is 0.479. The van der Waals surface area contributed by atoms with Crippen molar-refractivity contribution < 1.29 is 18.6 Å². The van der Waals surface area contributed by atoms with Crippen molar-refractivity contribution in [3.8, 4) is 11.5 Å². The second-order valence-electron chi connectivity index (χ2n) is 6.76. The van der Waals surface area contributed by atoms with Crippen LogP contribution in [0.25, 0.3) is 22.6 Å². The number of pyridine rings is 1. The molecule has 0 N–H and O–H groups in total. The molecule has 0 aliphatic rings. The number of hydrogen-bond acceptors (Lipinski definition) is 8. The fourth-order valence-electron chi connectivity index (χ4n) is 2.72. The van der Waals surface area contributed by atoms with Crippen molar-refractivity contribution in [2.45, 2.75) is 33.3 Å². The van der Waals surface area contributed by atoms with Crippen molar-refractivity contribution in [1.82, 2.24) is 20.3 Å². The van der Waals surface area contributed by atoms with Crippen molar-refractivity contribution in [2.24, 2.45) is 0 Å². The van der Waals surface area contributed by atoms with Gasteiger partial charge in [-0.2, -0.15) is 4.98 Å². The number of fused-ring (bicyclic) bond motifs is 1. The highest BCUT2D eigenvalue weighted by atomic mass is 16.5. The Morgan fingerprint density at radius 1 is 1.14 bits per heavy atom. The molecule has 0 amide bonds. The number of rotatable bonds is 5. The van der Waals surface area contributed by atoms with Gasteiger partial charge in [0, 0.05) is 11.8 Å². The summed E-state index contributed by atoms with van der Waals surface area (Å²) in [5.74, 6) is 0.270. The Bertz CT molecular complexity index is 1130. The van der Waals surface area contributed by atoms with Gasteiger partial charge in [0.25, 0.3) is 11.6 Å². The summed E-state index contributed by atoms with van der Waals surface area (Å²) in [4.78, 5) is 20.8. The van der Waals surface area contributed by atoms with Crippen LogP contribution in [-0.2, 0) is 11.3 Å². The first-order valence-electron chi connectivity index (χ1n) is 8.83. The number of carbonyl (C=O) groups excluding carboxylic acids is 1. The Morgan fingerprint density at radius 3 is 2.68 bits per heavy atom. The summed E-state index contributed by atoms with van der Waals surface area (Å²) >= 11 is 0. The van der Waals surface area contributed by atoms with Gasteiger partial charge in [-0.15, -0.1) is 0 Å². The van der Waals surface area contributed by atoms with Crippen LogP contribution in [-0.4, -0.2) is 26.3 Å². The van der Waals surface area contributed by atoms with Gasteiger partial charge in [-0.25, -0.2) is 9.78 Å². The van der Waals surface area contributed by atoms with E-state index in [4.69, 9.17) is 13.8 Å². The number of aryl methyl sites for hydroxylation is 1. The molecule has 4 aromatic rings. The molecule has 0 fully saturated rings. The van der Waals surface area contributed by atoms with Crippen LogP contribution in [0.5, 0.6) is 0 Å². The van der Waals surface area contributed by atoms with Gasteiger partial charge in [-0.1, -0.05) is 41.9 Å². The zero-order chi connectivity index (χ0) is 19.7. The molecule has 3 aromatic heterocycles. The standard InChI is InChI=1S/C20H18N4O4/c1-11(2)17-15-8-14(9-21-19(15)28-24-17)20(25)26-10-16-22-18(27-23-16)13-6-4-12(3)5-7-13/h4-9,11H,10H2,1-3H3. The second kappa shape index (κ2) is 7.22. The molecule has 0 unspecified atom stereocenters. The fourth-order valence-corrected chi connectivity index (χ4v) is 2.72. The van der Waals surface area contributed by atoms with Crippen molar-refractivity contribution in [3.05, 3.63) is 59.2 Å². The third kappa shape index (κ3) is 3.48. The maximum atomic E-state index is 12.4. The predicted octanol–water partition coefficient (Wildman–Crippen LogP) is 4.06. The molecule has 0 aliphatic heterocycles. The minimum atomic E-state index is -0.535. The third-order valence-electron chi connectivity index (χ3n) is 4.24. The predicted molar refractivity (Wildman–Crippen MR) is 99.5 cm³/mol. The number of esters is 1. The van der Waals surface area contributed by atoms with Crippen molar-refractivity contribution in [1.29, 1.82) is 0 Å². The fraction of sp³-hybridized carbons (Fsp3) is 0.250. The lowest BCUT2D eigenvalue weighted by Crippen LogP contribution is -2.06. The van der Waals surface area contributed by atoms with Gasteiger partial charge >= 0.3 is 5.97 Å². The van der Waals surface area contributed by atoms with E-state index in [9.17, 15) is 4.79 Å². The molecule has 8 heteroatoms. The number of benzene rings is 1. The number of carbonyl (C=O) groups is 1. The number of aromatic nitrogens is 4. The average molecular weight is 378 g/mol. The van der Waals surface area contributed by atoms with Crippen LogP contribution in [0.1, 0.15) is 47.2 Å². The Kier molecular flexibility index (Phi) is 4.60. The average Bonchev–Trinajstić information content (AvgIpc) is 3.33. The molecule has 8 nitrogen and oxygen atoms in total. The molecule has 142 valence electrons. The summed E-state index contributed by atoms with van der Waals surface area (Å²) < 4.78 is 15.7. The molecule has 0 saturated heterocycles. The highest BCUT2D eigenvalue weighted by Gasteiger charge is 2.17. The summed E-state index contributed by atoms with van der Waals surface area (Å²) in [7, 11) is 0. The van der Waals surface area contributed by atoms with E-state index in [0.717, 1.165) is 16.8 Å². The van der Waals surface area contributed by atoms with Crippen LogP contribution in [0.2, 0.25) is 0 Å². The van der Waals surface area contributed by atoms with E-state index in [1.165, 1.54) is 6.20 Å². The van der Waals surface area contributed by atoms with Crippen LogP contribution >= 0.6 is 0 Å². The van der Waals surface area contributed by atoms with Gasteiger partial charge in [-0.05, 0) is 31.0 Å². The molecular formula is C20H18N4O4. The molecule has 28 heavy (non-hydrogen) atoms. The summed E-state index contributed by atoms with van der Waals surface area (Å²) in [6.45, 7) is 5.87. The van der Waals surface area contributed by atoms with E-state index in [0.29, 0.717) is 22.6 Å². The van der Waals surface area contributed by atoms with Crippen LogP contribution in [0.3, 0.4) is 0 Å². The number of hydrogen-bond donors (Lipinski definition) is 0. The number of ether oxygens (including phenoxy) is 1. The van der Waals surface area contributed by atoms with Gasteiger partial charge in [-0.3, -0.25) is 0 Å². The zero-order valence-corrected chi connectivity index (χ0v) is 15.7. The van der Waals surface area contributed by atoms with E-state index < -0.39 is 5.97 Å². The molecule has 0 radical (unpaired) electrons. The summed E-state index contributed by atoms with van der Waals surface area (Å²) in [6.07, 6.45) is 1.40. The maximum absolute atomic E-state index is 12.4. The van der Waals surface area contributed by atoms with Gasteiger partial charge in [0.15, 0.2) is 6.61 Å². The molecule has 0 saturated carbocycles. The smallest absolute Gasteiger partial charge is 0.340 e. The normalized spacial score (nSPS) is 11.3. The molecule has 1 aromatic carbocycles. The first-order chi connectivity index (χ1) is 13.5. The topological polar surface area (TPSA) is 104 Å². The zero-order valence-electron chi connectivity index (χ0n) is 15.7. The van der Waals surface area contributed by atoms with Crippen LogP contribution in [0, 0.1) is 6.92 Å². The second-order valence-corrected chi connectivity index (χ2v) is 6.76. The molecule has 3 heterocycles. The molecule has 4 rings (SSSR count). The van der Waals surface area contributed by atoms with Crippen LogP contribution < -0.4 is 0 Å². The lowest BCUT2D eigenvalue weighted by atomic mass is 10.1. The van der Waals surface area contributed by atoms with Gasteiger partial charge in [0.2, 0.25) is 5.82 Å². The van der Waals surface area contributed by atoms with E-state index in [2.05, 4.69) is 20.3 Å². The van der Waals surface area contributed by atoms with E-state index in [-0.39, 0.29) is 18.3 Å². The van der Waals surface area contributed by atoms with Crippen molar-refractivity contribution in [3.63, 3.8) is 0 Å². The maximum Gasteiger partial charge on any atom is 0.340 e. The Morgan fingerprint density at radius 2 is 1.93 bits per heavy atom. The highest BCUT2D eigenvalue weighted by molar-refractivity contribution is 5.93. The van der Waals surface area contributed by atoms with E-state index in [1.54, 1.807) is 6.07 Å². The van der Waals surface area contributed by atoms with Gasteiger partial charge in [0.1, 0.15) is 0 Å². The lowest BCUT2D eigenvalue weighted by molar-refractivity contribution is 0.0459. The van der Waals surface area contributed by atoms with Crippen LogP contribution in [0.15, 0.2) is 45.6 Å². The molecule has 0 atom stereocenters. The van der Waals surface area contributed by atoms with Crippen molar-refractivity contribution >= 4 is 17.1 Å². The summed E-state index contributed by atoms with van der Waals surface area (Å²) in [5, 5.41) is 8.56. The summed E-state index contributed by atoms with van der Waals surface area (Å²) in [5.41, 5.74) is 3.38. The highest BCUT2D eigenvalue weighted by Crippen LogP contribution is 2.24. The third-order valence-corrected chi connectivity index (χ3v) is 4.24. The Labute approximate surface area is 160 Å². The van der Waals surface area contributed by atoms with Crippen molar-refractivity contribution in [2.75, 3.05) is 0 Å². The first-order valence-corrected chi connectivity index (χ1v) is 8.83. The monoisotopic (exact) mass is 378 g/mol. The Balaban J connectivity index is 1.46. The van der Waals surface area contributed by atoms with E-state index >= 15 is 0 Å². The minimum Gasteiger partial charge on any atom is -0.454 e. The Hall–Kier alpha value is -3.55. The van der Waals surface area contributed by atoms with Crippen LogP contribution in [0.4, 0.5) is 0 Å². The summed E-state index contributed by atoms with van der Waals surface area (Å²) in [6, 6.07) is 9.37. The lowest BCUT2D eigenvalue weighted by Gasteiger charge is -2.02. The van der Waals surface area contributed by atoms with Gasteiger partial charge in [0.05, 0.1) is 16.6 Å². The molecule has 0 spiro atoms. The molecule has 0 bridgehead atoms. The first kappa shape index (κ1) is 17.8. The number of nitrogens with zero attached hydrogens (tertiary/aromatic N) is 4. The largest absolute Gasteiger partial charge is 0.454 e. The molecule has 0 aliphatic carbocycles. The molecular weight excluding hydrogens is 360 g/mol. The minimum absolute atomic E-state index is 0.104. The van der Waals surface area contributed by atoms with Gasteiger partial charge < -0.3 is 13.8 Å². The van der Waals surface area contributed by atoms with E-state index in [1.807, 2.05) is 45.0 Å².